The molecule has 0 saturated carbocycles. The van der Waals surface area contributed by atoms with Gasteiger partial charge in [0.2, 0.25) is 0 Å². The van der Waals surface area contributed by atoms with Crippen molar-refractivity contribution in [3.8, 4) is 0 Å². The molecule has 0 aliphatic rings. The smallest absolute Gasteiger partial charge is 0.173 e. The summed E-state index contributed by atoms with van der Waals surface area (Å²) < 4.78 is 27.0. The number of nitrogens with two attached hydrogens (primary N) is 1. The lowest BCUT2D eigenvalue weighted by Crippen LogP contribution is -2.24. The fourth-order valence-electron chi connectivity index (χ4n) is 2.01. The Hall–Kier alpha value is -1.53. The predicted octanol–water partition coefficient (Wildman–Crippen LogP) is 3.40. The van der Waals surface area contributed by atoms with Crippen LogP contribution in [0.4, 0.5) is 14.5 Å². The zero-order valence-electron chi connectivity index (χ0n) is 10.8. The predicted molar refractivity (Wildman–Crippen MR) is 78.2 cm³/mol. The molecule has 0 aliphatic carbocycles. The van der Waals surface area contributed by atoms with Crippen molar-refractivity contribution in [1.82, 2.24) is 10.3 Å². The van der Waals surface area contributed by atoms with E-state index in [-0.39, 0.29) is 10.5 Å². The summed E-state index contributed by atoms with van der Waals surface area (Å²) in [4.78, 5) is 4.04. The first-order valence-corrected chi connectivity index (χ1v) is 6.91. The Morgan fingerprint density at radius 2 is 2.05 bits per heavy atom. The third-order valence-electron chi connectivity index (χ3n) is 2.98. The molecule has 0 spiro atoms. The first-order valence-electron chi connectivity index (χ1n) is 6.12. The minimum Gasteiger partial charge on any atom is -0.398 e. The number of rotatable bonds is 4. The van der Waals surface area contributed by atoms with Gasteiger partial charge < -0.3 is 11.1 Å². The first-order chi connectivity index (χ1) is 9.56. The van der Waals surface area contributed by atoms with Gasteiger partial charge in [-0.1, -0.05) is 13.0 Å². The number of hydrogen-bond acceptors (Lipinski definition) is 3. The average molecular weight is 342 g/mol. The van der Waals surface area contributed by atoms with Crippen LogP contribution in [0.25, 0.3) is 0 Å². The van der Waals surface area contributed by atoms with Gasteiger partial charge in [-0.25, -0.2) is 8.78 Å². The van der Waals surface area contributed by atoms with E-state index < -0.39 is 11.6 Å². The highest BCUT2D eigenvalue weighted by Crippen LogP contribution is 2.33. The van der Waals surface area contributed by atoms with Crippen molar-refractivity contribution in [2.75, 3.05) is 12.3 Å². The Bertz CT molecular complexity index is 619. The standard InChI is InChI=1S/C14H14BrF2N3/c1-2-20-14(9-7-19-6-5-11(9)18)8-3-4-10(16)13(17)12(8)15/h3-7,14,20H,2H2,1H3,(H2,18,19). The Labute approximate surface area is 124 Å². The maximum Gasteiger partial charge on any atom is 0.173 e. The minimum absolute atomic E-state index is 0.0895. The van der Waals surface area contributed by atoms with Gasteiger partial charge >= 0.3 is 0 Å². The summed E-state index contributed by atoms with van der Waals surface area (Å²) in [5.41, 5.74) is 7.79. The van der Waals surface area contributed by atoms with Crippen molar-refractivity contribution in [3.63, 3.8) is 0 Å². The summed E-state index contributed by atoms with van der Waals surface area (Å²) in [6.07, 6.45) is 3.21. The highest BCUT2D eigenvalue weighted by atomic mass is 79.9. The SMILES string of the molecule is CCNC(c1cnccc1N)c1ccc(F)c(F)c1Br. The molecule has 0 amide bonds. The number of pyridine rings is 1. The van der Waals surface area contributed by atoms with Gasteiger partial charge in [0.05, 0.1) is 10.5 Å². The molecule has 20 heavy (non-hydrogen) atoms. The van der Waals surface area contributed by atoms with E-state index in [1.807, 2.05) is 6.92 Å². The van der Waals surface area contributed by atoms with Gasteiger partial charge in [-0.3, -0.25) is 4.98 Å². The largest absolute Gasteiger partial charge is 0.398 e. The third kappa shape index (κ3) is 2.81. The zero-order chi connectivity index (χ0) is 14.7. The number of hydrogen-bond donors (Lipinski definition) is 2. The highest BCUT2D eigenvalue weighted by molar-refractivity contribution is 9.10. The van der Waals surface area contributed by atoms with Crippen LogP contribution >= 0.6 is 15.9 Å². The van der Waals surface area contributed by atoms with Crippen molar-refractivity contribution in [2.45, 2.75) is 13.0 Å². The molecular weight excluding hydrogens is 328 g/mol. The molecule has 0 aliphatic heterocycles. The molecule has 6 heteroatoms. The molecule has 0 saturated heterocycles. The summed E-state index contributed by atoms with van der Waals surface area (Å²) in [7, 11) is 0. The number of benzene rings is 1. The van der Waals surface area contributed by atoms with Crippen molar-refractivity contribution < 1.29 is 8.78 Å². The van der Waals surface area contributed by atoms with E-state index in [2.05, 4.69) is 26.2 Å². The molecule has 2 aromatic rings. The highest BCUT2D eigenvalue weighted by Gasteiger charge is 2.21. The fourth-order valence-corrected chi connectivity index (χ4v) is 2.56. The molecule has 3 N–H and O–H groups in total. The molecule has 3 nitrogen and oxygen atoms in total. The van der Waals surface area contributed by atoms with E-state index >= 15 is 0 Å². The van der Waals surface area contributed by atoms with Crippen LogP contribution in [0.1, 0.15) is 24.1 Å². The maximum atomic E-state index is 13.7. The number of nitrogens with one attached hydrogen (secondary N) is 1. The molecule has 1 atom stereocenters. The number of aromatic nitrogens is 1. The van der Waals surface area contributed by atoms with Crippen molar-refractivity contribution in [3.05, 3.63) is 57.8 Å². The van der Waals surface area contributed by atoms with Gasteiger partial charge in [-0.15, -0.1) is 0 Å². The van der Waals surface area contributed by atoms with E-state index in [4.69, 9.17) is 5.73 Å². The van der Waals surface area contributed by atoms with Crippen molar-refractivity contribution >= 4 is 21.6 Å². The third-order valence-corrected chi connectivity index (χ3v) is 3.79. The quantitative estimate of drug-likeness (QED) is 0.838. The van der Waals surface area contributed by atoms with E-state index in [0.29, 0.717) is 17.8 Å². The van der Waals surface area contributed by atoms with Gasteiger partial charge in [-0.2, -0.15) is 0 Å². The number of nitrogen functional groups attached to an aromatic ring is 1. The minimum atomic E-state index is -0.909. The lowest BCUT2D eigenvalue weighted by Gasteiger charge is -2.21. The molecule has 0 radical (unpaired) electrons. The van der Waals surface area contributed by atoms with Crippen LogP contribution in [0.3, 0.4) is 0 Å². The summed E-state index contributed by atoms with van der Waals surface area (Å²) >= 11 is 3.11. The number of anilines is 1. The van der Waals surface area contributed by atoms with E-state index in [0.717, 1.165) is 11.6 Å². The zero-order valence-corrected chi connectivity index (χ0v) is 12.4. The van der Waals surface area contributed by atoms with Crippen LogP contribution in [-0.2, 0) is 0 Å². The lowest BCUT2D eigenvalue weighted by atomic mass is 9.98. The second-order valence-electron chi connectivity index (χ2n) is 4.26. The van der Waals surface area contributed by atoms with Crippen LogP contribution in [0.5, 0.6) is 0 Å². The van der Waals surface area contributed by atoms with Crippen LogP contribution in [0.2, 0.25) is 0 Å². The molecule has 0 fully saturated rings. The Kier molecular flexibility index (Phi) is 4.67. The van der Waals surface area contributed by atoms with Gasteiger partial charge in [-0.05, 0) is 40.2 Å². The normalized spacial score (nSPS) is 12.4. The fraction of sp³-hybridized carbons (Fsp3) is 0.214. The van der Waals surface area contributed by atoms with E-state index in [1.165, 1.54) is 6.07 Å². The maximum absolute atomic E-state index is 13.7. The summed E-state index contributed by atoms with van der Waals surface area (Å²) in [6.45, 7) is 2.57. The van der Waals surface area contributed by atoms with Gasteiger partial charge in [0, 0.05) is 23.6 Å². The van der Waals surface area contributed by atoms with Crippen LogP contribution < -0.4 is 11.1 Å². The average Bonchev–Trinajstić information content (AvgIpc) is 2.44. The van der Waals surface area contributed by atoms with Crippen molar-refractivity contribution in [1.29, 1.82) is 0 Å². The van der Waals surface area contributed by atoms with E-state index in [1.54, 1.807) is 18.5 Å². The molecule has 1 aromatic heterocycles. The monoisotopic (exact) mass is 341 g/mol. The second-order valence-corrected chi connectivity index (χ2v) is 5.05. The molecule has 2 rings (SSSR count). The number of nitrogens with zero attached hydrogens (tertiary/aromatic N) is 1. The summed E-state index contributed by atoms with van der Waals surface area (Å²) in [5, 5.41) is 3.20. The second kappa shape index (κ2) is 6.28. The van der Waals surface area contributed by atoms with Crippen molar-refractivity contribution in [2.24, 2.45) is 0 Å². The topological polar surface area (TPSA) is 50.9 Å². The molecule has 1 unspecified atom stereocenters. The Balaban J connectivity index is 2.55. The molecule has 106 valence electrons. The molecule has 1 heterocycles. The van der Waals surface area contributed by atoms with Gasteiger partial charge in [0.1, 0.15) is 0 Å². The van der Waals surface area contributed by atoms with Crippen LogP contribution in [-0.4, -0.2) is 11.5 Å². The van der Waals surface area contributed by atoms with Gasteiger partial charge in [0.15, 0.2) is 11.6 Å². The Morgan fingerprint density at radius 3 is 2.70 bits per heavy atom. The van der Waals surface area contributed by atoms with Crippen LogP contribution in [0.15, 0.2) is 35.1 Å². The summed E-state index contributed by atoms with van der Waals surface area (Å²) in [6, 6.07) is 3.94. The molecule has 0 bridgehead atoms. The summed E-state index contributed by atoms with van der Waals surface area (Å²) in [5.74, 6) is -1.80. The van der Waals surface area contributed by atoms with Gasteiger partial charge in [0.25, 0.3) is 0 Å². The molecular formula is C14H14BrF2N3. The number of halogens is 3. The van der Waals surface area contributed by atoms with E-state index in [9.17, 15) is 8.78 Å². The van der Waals surface area contributed by atoms with Crippen LogP contribution in [0, 0.1) is 11.6 Å². The first kappa shape index (κ1) is 14.9. The lowest BCUT2D eigenvalue weighted by molar-refractivity contribution is 0.498. The Morgan fingerprint density at radius 1 is 1.30 bits per heavy atom. The molecule has 1 aromatic carbocycles.